The molecule has 0 fully saturated rings. The van der Waals surface area contributed by atoms with E-state index in [1.165, 1.54) is 0 Å². The topological polar surface area (TPSA) is 104 Å². The van der Waals surface area contributed by atoms with Crippen LogP contribution in [-0.4, -0.2) is 21.2 Å². The van der Waals surface area contributed by atoms with Crippen molar-refractivity contribution in [1.82, 2.24) is 0 Å². The third kappa shape index (κ3) is 1.44. The first-order valence-corrected chi connectivity index (χ1v) is 4.05. The van der Waals surface area contributed by atoms with Gasteiger partial charge in [0, 0.05) is 11.1 Å². The summed E-state index contributed by atoms with van der Waals surface area (Å²) in [5.41, 5.74) is 5.28. The lowest BCUT2D eigenvalue weighted by Gasteiger charge is -2.09. The van der Waals surface area contributed by atoms with E-state index in [2.05, 4.69) is 0 Å². The van der Waals surface area contributed by atoms with Crippen molar-refractivity contribution in [1.29, 1.82) is 0 Å². The van der Waals surface area contributed by atoms with Gasteiger partial charge in [-0.25, -0.2) is 0 Å². The highest BCUT2D eigenvalue weighted by Crippen LogP contribution is 2.39. The van der Waals surface area contributed by atoms with E-state index >= 15 is 0 Å². The zero-order chi connectivity index (χ0) is 10.9. The maximum Gasteiger partial charge on any atom is 0.249 e. The van der Waals surface area contributed by atoms with Crippen LogP contribution in [0.4, 0.5) is 0 Å². The molecule has 76 valence electrons. The molecule has 0 spiro atoms. The van der Waals surface area contributed by atoms with Gasteiger partial charge >= 0.3 is 0 Å². The summed E-state index contributed by atoms with van der Waals surface area (Å²) in [5, 5.41) is 27.7. The second-order valence-corrected chi connectivity index (χ2v) is 2.84. The number of phenolic OH excluding ortho intramolecular Hbond substituents is 3. The van der Waals surface area contributed by atoms with Crippen LogP contribution in [0.25, 0.3) is 0 Å². The molecule has 5 nitrogen and oxygen atoms in total. The second-order valence-electron chi connectivity index (χ2n) is 2.84. The molecule has 0 heterocycles. The first-order chi connectivity index (χ1) is 6.49. The van der Waals surface area contributed by atoms with Gasteiger partial charge in [-0.1, -0.05) is 6.92 Å². The van der Waals surface area contributed by atoms with Crippen molar-refractivity contribution >= 4 is 5.91 Å². The van der Waals surface area contributed by atoms with Gasteiger partial charge in [0.25, 0.3) is 0 Å². The van der Waals surface area contributed by atoms with E-state index in [9.17, 15) is 15.0 Å². The monoisotopic (exact) mass is 197 g/mol. The Bertz CT molecular complexity index is 387. The number of hydrogen-bond acceptors (Lipinski definition) is 4. The maximum atomic E-state index is 10.9. The molecule has 14 heavy (non-hydrogen) atoms. The molecule has 1 amide bonds. The van der Waals surface area contributed by atoms with E-state index in [-0.39, 0.29) is 11.1 Å². The quantitative estimate of drug-likeness (QED) is 0.517. The Labute approximate surface area is 80.4 Å². The highest BCUT2D eigenvalue weighted by Gasteiger charge is 2.18. The molecule has 0 aromatic heterocycles. The number of carbonyl (C=O) groups excluding carboxylic acids is 1. The predicted molar refractivity (Wildman–Crippen MR) is 49.3 cm³/mol. The minimum atomic E-state index is -0.757. The van der Waals surface area contributed by atoms with E-state index in [0.717, 1.165) is 6.07 Å². The number of carbonyl (C=O) groups is 1. The van der Waals surface area contributed by atoms with E-state index in [4.69, 9.17) is 10.8 Å². The van der Waals surface area contributed by atoms with Gasteiger partial charge in [-0.15, -0.1) is 0 Å². The molecule has 5 N–H and O–H groups in total. The van der Waals surface area contributed by atoms with Crippen LogP contribution >= 0.6 is 0 Å². The lowest BCUT2D eigenvalue weighted by atomic mass is 10.0. The van der Waals surface area contributed by atoms with E-state index in [1.807, 2.05) is 0 Å². The zero-order valence-corrected chi connectivity index (χ0v) is 7.61. The lowest BCUT2D eigenvalue weighted by Crippen LogP contribution is -2.13. The standard InChI is InChI=1S/C9H11NO4/c1-2-4-5(9(10)14)3-6(11)8(13)7(4)12/h3,11-13H,2H2,1H3,(H2,10,14). The molecule has 0 atom stereocenters. The van der Waals surface area contributed by atoms with Crippen molar-refractivity contribution in [3.8, 4) is 17.2 Å². The number of nitrogens with two attached hydrogens (primary N) is 1. The van der Waals surface area contributed by atoms with Gasteiger partial charge < -0.3 is 21.1 Å². The summed E-state index contributed by atoms with van der Waals surface area (Å²) in [6.45, 7) is 1.69. The van der Waals surface area contributed by atoms with Gasteiger partial charge in [-0.3, -0.25) is 4.79 Å². The number of phenols is 3. The van der Waals surface area contributed by atoms with E-state index in [1.54, 1.807) is 6.92 Å². The summed E-state index contributed by atoms with van der Waals surface area (Å²) in [4.78, 5) is 10.9. The molecule has 0 bridgehead atoms. The fourth-order valence-electron chi connectivity index (χ4n) is 1.26. The molecule has 0 aliphatic heterocycles. The van der Waals surface area contributed by atoms with Gasteiger partial charge in [-0.05, 0) is 12.5 Å². The third-order valence-electron chi connectivity index (χ3n) is 1.98. The summed E-state index contributed by atoms with van der Waals surface area (Å²) < 4.78 is 0. The summed E-state index contributed by atoms with van der Waals surface area (Å²) >= 11 is 0. The lowest BCUT2D eigenvalue weighted by molar-refractivity contribution is 0.0998. The number of rotatable bonds is 2. The van der Waals surface area contributed by atoms with Crippen LogP contribution in [0.5, 0.6) is 17.2 Å². The minimum Gasteiger partial charge on any atom is -0.504 e. The van der Waals surface area contributed by atoms with Gasteiger partial charge in [0.15, 0.2) is 11.5 Å². The van der Waals surface area contributed by atoms with Gasteiger partial charge in [0.2, 0.25) is 11.7 Å². The molecular weight excluding hydrogens is 186 g/mol. The molecule has 1 rings (SSSR count). The first kappa shape index (κ1) is 10.2. The zero-order valence-electron chi connectivity index (χ0n) is 7.61. The highest BCUT2D eigenvalue weighted by atomic mass is 16.3. The van der Waals surface area contributed by atoms with Crippen LogP contribution in [0.2, 0.25) is 0 Å². The Balaban J connectivity index is 3.51. The van der Waals surface area contributed by atoms with Crippen LogP contribution in [0.15, 0.2) is 6.07 Å². The van der Waals surface area contributed by atoms with Crippen molar-refractivity contribution in [3.05, 3.63) is 17.2 Å². The molecule has 0 aliphatic carbocycles. The Kier molecular flexibility index (Phi) is 2.51. The molecule has 1 aromatic rings. The fraction of sp³-hybridized carbons (Fsp3) is 0.222. The number of primary amides is 1. The molecule has 0 aliphatic rings. The number of amides is 1. The molecule has 0 saturated heterocycles. The van der Waals surface area contributed by atoms with E-state index < -0.39 is 23.2 Å². The summed E-state index contributed by atoms with van der Waals surface area (Å²) in [5.74, 6) is -2.45. The van der Waals surface area contributed by atoms with Crippen LogP contribution < -0.4 is 5.73 Å². The summed E-state index contributed by atoms with van der Waals surface area (Å²) in [6.07, 6.45) is 0.331. The van der Waals surface area contributed by atoms with Crippen molar-refractivity contribution in [2.24, 2.45) is 5.73 Å². The average Bonchev–Trinajstić information content (AvgIpc) is 2.13. The van der Waals surface area contributed by atoms with Gasteiger partial charge in [0.05, 0.1) is 0 Å². The predicted octanol–water partition coefficient (Wildman–Crippen LogP) is 0.465. The van der Waals surface area contributed by atoms with Gasteiger partial charge in [-0.2, -0.15) is 0 Å². The molecule has 1 aromatic carbocycles. The molecular formula is C9H11NO4. The Morgan fingerprint density at radius 1 is 1.36 bits per heavy atom. The maximum absolute atomic E-state index is 10.9. The molecule has 0 unspecified atom stereocenters. The molecule has 0 radical (unpaired) electrons. The van der Waals surface area contributed by atoms with Crippen molar-refractivity contribution in [2.45, 2.75) is 13.3 Å². The normalized spacial score (nSPS) is 10.1. The van der Waals surface area contributed by atoms with Crippen LogP contribution in [0.1, 0.15) is 22.8 Å². The molecule has 0 saturated carbocycles. The third-order valence-corrected chi connectivity index (χ3v) is 1.98. The Hall–Kier alpha value is -1.91. The number of hydrogen-bond donors (Lipinski definition) is 4. The largest absolute Gasteiger partial charge is 0.504 e. The first-order valence-electron chi connectivity index (χ1n) is 4.05. The van der Waals surface area contributed by atoms with Crippen LogP contribution in [-0.2, 0) is 6.42 Å². The smallest absolute Gasteiger partial charge is 0.249 e. The average molecular weight is 197 g/mol. The van der Waals surface area contributed by atoms with E-state index in [0.29, 0.717) is 6.42 Å². The van der Waals surface area contributed by atoms with Crippen LogP contribution in [0.3, 0.4) is 0 Å². The number of benzene rings is 1. The van der Waals surface area contributed by atoms with Gasteiger partial charge in [0.1, 0.15) is 0 Å². The van der Waals surface area contributed by atoms with Crippen molar-refractivity contribution < 1.29 is 20.1 Å². The minimum absolute atomic E-state index is 0.0142. The summed E-state index contributed by atoms with van der Waals surface area (Å²) in [7, 11) is 0. The van der Waals surface area contributed by atoms with Crippen molar-refractivity contribution in [3.63, 3.8) is 0 Å². The van der Waals surface area contributed by atoms with Crippen molar-refractivity contribution in [2.75, 3.05) is 0 Å². The Morgan fingerprint density at radius 3 is 2.36 bits per heavy atom. The Morgan fingerprint density at radius 2 is 1.93 bits per heavy atom. The highest BCUT2D eigenvalue weighted by molar-refractivity contribution is 5.96. The summed E-state index contributed by atoms with van der Waals surface area (Å²) in [6, 6.07) is 1.04. The van der Waals surface area contributed by atoms with Crippen LogP contribution in [0, 0.1) is 0 Å². The fourth-order valence-corrected chi connectivity index (χ4v) is 1.26. The molecule has 5 heteroatoms. The second kappa shape index (κ2) is 3.45. The number of aromatic hydroxyl groups is 3. The SMILES string of the molecule is CCc1c(C(N)=O)cc(O)c(O)c1O.